The van der Waals surface area contributed by atoms with E-state index in [-0.39, 0.29) is 0 Å². The lowest BCUT2D eigenvalue weighted by atomic mass is 10.2. The zero-order chi connectivity index (χ0) is 15.2. The summed E-state index contributed by atoms with van der Waals surface area (Å²) in [6, 6.07) is 19.8. The van der Waals surface area contributed by atoms with Gasteiger partial charge in [-0.2, -0.15) is 0 Å². The van der Waals surface area contributed by atoms with E-state index in [0.717, 1.165) is 26.0 Å². The van der Waals surface area contributed by atoms with Gasteiger partial charge in [-0.1, -0.05) is 41.6 Å². The summed E-state index contributed by atoms with van der Waals surface area (Å²) in [4.78, 5) is 2.17. The second-order valence-electron chi connectivity index (χ2n) is 4.43. The smallest absolute Gasteiger partial charge is 0.0772 e. The first-order valence-electron chi connectivity index (χ1n) is 6.64. The minimum Gasteiger partial charge on any atom is -0.325 e. The van der Waals surface area contributed by atoms with Gasteiger partial charge < -0.3 is 4.72 Å². The molecule has 1 nitrogen and oxygen atoms in total. The Balaban J connectivity index is 1.75. The lowest BCUT2D eigenvalue weighted by Crippen LogP contribution is -1.90. The van der Waals surface area contributed by atoms with Crippen LogP contribution >= 0.6 is 34.9 Å². The van der Waals surface area contributed by atoms with Crippen LogP contribution in [0.15, 0.2) is 70.9 Å². The number of benzene rings is 2. The average Bonchev–Trinajstić information content (AvgIpc) is 3.07. The highest BCUT2D eigenvalue weighted by Crippen LogP contribution is 2.24. The van der Waals surface area contributed by atoms with E-state index in [1.165, 1.54) is 0 Å². The molecule has 0 amide bonds. The van der Waals surface area contributed by atoms with Crippen molar-refractivity contribution in [3.05, 3.63) is 81.5 Å². The van der Waals surface area contributed by atoms with Crippen LogP contribution in [0.4, 0.5) is 5.69 Å². The van der Waals surface area contributed by atoms with Crippen LogP contribution in [0.2, 0.25) is 5.02 Å². The Morgan fingerprint density at radius 1 is 0.909 bits per heavy atom. The number of anilines is 1. The number of para-hydroxylation sites is 1. The Labute approximate surface area is 143 Å². The van der Waals surface area contributed by atoms with Gasteiger partial charge >= 0.3 is 0 Å². The van der Waals surface area contributed by atoms with Crippen LogP contribution in [0, 0.1) is 11.8 Å². The zero-order valence-electron chi connectivity index (χ0n) is 11.5. The first kappa shape index (κ1) is 15.1. The van der Waals surface area contributed by atoms with Crippen LogP contribution in [0.1, 0.15) is 10.4 Å². The van der Waals surface area contributed by atoms with Crippen molar-refractivity contribution < 1.29 is 0 Å². The molecule has 0 aliphatic heterocycles. The highest BCUT2D eigenvalue weighted by molar-refractivity contribution is 8.00. The number of rotatable bonds is 3. The number of halogens is 1. The molecule has 0 bridgehead atoms. The molecule has 0 saturated heterocycles. The molecule has 0 fully saturated rings. The lowest BCUT2D eigenvalue weighted by Gasteiger charge is -2.07. The summed E-state index contributed by atoms with van der Waals surface area (Å²) in [5.74, 6) is 6.41. The maximum atomic E-state index is 5.90. The summed E-state index contributed by atoms with van der Waals surface area (Å²) in [5.41, 5.74) is 1.99. The monoisotopic (exact) mass is 341 g/mol. The van der Waals surface area contributed by atoms with Gasteiger partial charge in [-0.05, 0) is 59.8 Å². The van der Waals surface area contributed by atoms with Crippen molar-refractivity contribution in [2.45, 2.75) is 4.90 Å². The van der Waals surface area contributed by atoms with Gasteiger partial charge in [-0.15, -0.1) is 11.3 Å². The molecular weight excluding hydrogens is 330 g/mol. The lowest BCUT2D eigenvalue weighted by molar-refractivity contribution is 1.46. The highest BCUT2D eigenvalue weighted by Gasteiger charge is 2.00. The third-order valence-electron chi connectivity index (χ3n) is 2.86. The molecule has 0 radical (unpaired) electrons. The van der Waals surface area contributed by atoms with E-state index >= 15 is 0 Å². The number of thiophene rings is 1. The maximum absolute atomic E-state index is 5.90. The Kier molecular flexibility index (Phi) is 5.07. The van der Waals surface area contributed by atoms with Gasteiger partial charge in [0.25, 0.3) is 0 Å². The Morgan fingerprint density at radius 2 is 1.73 bits per heavy atom. The topological polar surface area (TPSA) is 12.0 Å². The predicted octanol–water partition coefficient (Wildman–Crippen LogP) is 5.92. The van der Waals surface area contributed by atoms with Gasteiger partial charge in [-0.25, -0.2) is 0 Å². The summed E-state index contributed by atoms with van der Waals surface area (Å²) < 4.78 is 3.35. The van der Waals surface area contributed by atoms with Crippen LogP contribution in [-0.2, 0) is 0 Å². The molecule has 0 saturated carbocycles. The molecule has 3 rings (SSSR count). The van der Waals surface area contributed by atoms with Crippen LogP contribution in [0.25, 0.3) is 0 Å². The van der Waals surface area contributed by atoms with Crippen molar-refractivity contribution in [3.8, 4) is 11.8 Å². The van der Waals surface area contributed by atoms with Crippen LogP contribution < -0.4 is 4.72 Å². The summed E-state index contributed by atoms with van der Waals surface area (Å²) in [5, 5.41) is 2.77. The maximum Gasteiger partial charge on any atom is 0.0772 e. The average molecular weight is 342 g/mol. The Hall–Kier alpha value is -1.86. The fourth-order valence-electron chi connectivity index (χ4n) is 1.78. The van der Waals surface area contributed by atoms with Crippen LogP contribution in [-0.4, -0.2) is 0 Å². The third kappa shape index (κ3) is 4.08. The molecule has 0 spiro atoms. The second-order valence-corrected chi connectivity index (χ2v) is 6.69. The second kappa shape index (κ2) is 7.42. The summed E-state index contributed by atoms with van der Waals surface area (Å²) in [7, 11) is 0. The molecule has 1 N–H and O–H groups in total. The largest absolute Gasteiger partial charge is 0.325 e. The van der Waals surface area contributed by atoms with E-state index in [2.05, 4.69) is 16.6 Å². The third-order valence-corrected chi connectivity index (χ3v) is 4.73. The summed E-state index contributed by atoms with van der Waals surface area (Å²) in [6.45, 7) is 0. The van der Waals surface area contributed by atoms with Crippen molar-refractivity contribution >= 4 is 40.6 Å². The molecule has 1 heterocycles. The quantitative estimate of drug-likeness (QED) is 0.468. The molecule has 0 unspecified atom stereocenters. The van der Waals surface area contributed by atoms with Gasteiger partial charge in [0.2, 0.25) is 0 Å². The van der Waals surface area contributed by atoms with E-state index in [4.69, 9.17) is 11.6 Å². The first-order valence-corrected chi connectivity index (χ1v) is 8.72. The van der Waals surface area contributed by atoms with E-state index in [9.17, 15) is 0 Å². The minimum atomic E-state index is 0.742. The van der Waals surface area contributed by atoms with Crippen molar-refractivity contribution in [2.24, 2.45) is 0 Å². The molecule has 3 aromatic rings. The van der Waals surface area contributed by atoms with E-state index in [1.807, 2.05) is 66.0 Å². The number of nitrogens with one attached hydrogen (secondary N) is 1. The molecule has 108 valence electrons. The van der Waals surface area contributed by atoms with Crippen LogP contribution in [0.3, 0.4) is 0 Å². The van der Waals surface area contributed by atoms with Crippen molar-refractivity contribution in [3.63, 3.8) is 0 Å². The molecule has 0 aliphatic carbocycles. The standard InChI is InChI=1S/C18H12ClNS2/c19-15-8-11-17(12-9-15)22-20-18-6-2-1-4-14(18)7-10-16-5-3-13-21-16/h1-6,8-9,11-13,20H. The van der Waals surface area contributed by atoms with Crippen molar-refractivity contribution in [1.82, 2.24) is 0 Å². The van der Waals surface area contributed by atoms with Crippen LogP contribution in [0.5, 0.6) is 0 Å². The number of hydrogen-bond donors (Lipinski definition) is 1. The van der Waals surface area contributed by atoms with Gasteiger partial charge in [0.1, 0.15) is 0 Å². The molecule has 0 aliphatic rings. The SMILES string of the molecule is Clc1ccc(SNc2ccccc2C#Cc2cccs2)cc1. The van der Waals surface area contributed by atoms with Gasteiger partial charge in [-0.3, -0.25) is 0 Å². The fourth-order valence-corrected chi connectivity index (χ4v) is 3.15. The molecular formula is C18H12ClNS2. The van der Waals surface area contributed by atoms with E-state index in [0.29, 0.717) is 0 Å². The predicted molar refractivity (Wildman–Crippen MR) is 97.7 cm³/mol. The van der Waals surface area contributed by atoms with Gasteiger partial charge in [0, 0.05) is 15.5 Å². The normalized spacial score (nSPS) is 9.86. The molecule has 2 aromatic carbocycles. The highest BCUT2D eigenvalue weighted by atomic mass is 35.5. The van der Waals surface area contributed by atoms with Gasteiger partial charge in [0.15, 0.2) is 0 Å². The molecule has 4 heteroatoms. The van der Waals surface area contributed by atoms with Crippen molar-refractivity contribution in [2.75, 3.05) is 4.72 Å². The summed E-state index contributed by atoms with van der Waals surface area (Å²) in [6.07, 6.45) is 0. The van der Waals surface area contributed by atoms with E-state index in [1.54, 1.807) is 23.3 Å². The minimum absolute atomic E-state index is 0.742. The number of hydrogen-bond acceptors (Lipinski definition) is 3. The Bertz CT molecular complexity index is 799. The molecule has 0 atom stereocenters. The molecule has 22 heavy (non-hydrogen) atoms. The first-order chi connectivity index (χ1) is 10.8. The molecule has 1 aromatic heterocycles. The van der Waals surface area contributed by atoms with E-state index < -0.39 is 0 Å². The zero-order valence-corrected chi connectivity index (χ0v) is 13.9. The summed E-state index contributed by atoms with van der Waals surface area (Å²) >= 11 is 9.09. The van der Waals surface area contributed by atoms with Crippen molar-refractivity contribution in [1.29, 1.82) is 0 Å². The Morgan fingerprint density at radius 3 is 2.50 bits per heavy atom. The fraction of sp³-hybridized carbons (Fsp3) is 0. The van der Waals surface area contributed by atoms with Gasteiger partial charge in [0.05, 0.1) is 10.6 Å².